The quantitative estimate of drug-likeness (QED) is 0.658. The van der Waals surface area contributed by atoms with Gasteiger partial charge in [0.05, 0.1) is 11.1 Å². The maximum Gasteiger partial charge on any atom is 0.374 e. The van der Waals surface area contributed by atoms with Crippen molar-refractivity contribution in [3.05, 3.63) is 51.8 Å². The molecule has 0 unspecified atom stereocenters. The zero-order chi connectivity index (χ0) is 15.9. The van der Waals surface area contributed by atoms with Crippen LogP contribution in [0.3, 0.4) is 0 Å². The number of rotatable bonds is 3. The zero-order valence-corrected chi connectivity index (χ0v) is 13.5. The molecule has 0 fully saturated rings. The zero-order valence-electron chi connectivity index (χ0n) is 11.4. The van der Waals surface area contributed by atoms with Crippen LogP contribution >= 0.6 is 22.6 Å². The molecule has 0 amide bonds. The lowest BCUT2D eigenvalue weighted by molar-refractivity contribution is 0.0666. The molecular weight excluding hydrogens is 402 g/mol. The Bertz CT molecular complexity index is 878. The summed E-state index contributed by atoms with van der Waals surface area (Å²) in [6.45, 7) is 0. The second-order valence-electron chi connectivity index (χ2n) is 4.61. The van der Waals surface area contributed by atoms with Crippen LogP contribution in [-0.4, -0.2) is 23.1 Å². The van der Waals surface area contributed by atoms with Crippen LogP contribution in [0.5, 0.6) is 0 Å². The normalized spacial score (nSPS) is 10.9. The van der Waals surface area contributed by atoms with Crippen molar-refractivity contribution in [2.45, 2.75) is 0 Å². The van der Waals surface area contributed by atoms with Crippen molar-refractivity contribution in [1.82, 2.24) is 4.98 Å². The molecule has 0 saturated carbocycles. The summed E-state index contributed by atoms with van der Waals surface area (Å²) in [7, 11) is 1.59. The largest absolute Gasteiger partial charge is 0.475 e. The van der Waals surface area contributed by atoms with Crippen LogP contribution in [0, 0.1) is 9.39 Å². The number of carboxylic acids is 1. The highest BCUT2D eigenvalue weighted by molar-refractivity contribution is 14.1. The number of pyridine rings is 1. The highest BCUT2D eigenvalue weighted by Gasteiger charge is 2.25. The van der Waals surface area contributed by atoms with Gasteiger partial charge in [-0.2, -0.15) is 0 Å². The van der Waals surface area contributed by atoms with Gasteiger partial charge in [0.15, 0.2) is 0 Å². The van der Waals surface area contributed by atoms with Gasteiger partial charge in [-0.1, -0.05) is 0 Å². The number of carboxylic acid groups (broad SMARTS) is 1. The first-order valence-electron chi connectivity index (χ1n) is 6.27. The van der Waals surface area contributed by atoms with Crippen LogP contribution in [-0.2, 0) is 0 Å². The number of aromatic nitrogens is 1. The lowest BCUT2D eigenvalue weighted by Gasteiger charge is -2.19. The summed E-state index contributed by atoms with van der Waals surface area (Å²) in [6.07, 6.45) is 3.01. The van der Waals surface area contributed by atoms with Crippen molar-refractivity contribution in [1.29, 1.82) is 0 Å². The Labute approximate surface area is 138 Å². The molecule has 0 aliphatic carbocycles. The third kappa shape index (κ3) is 2.41. The standard InChI is InChI=1S/C15H10FIN2O3/c1-19(11-3-2-8(17)6-10(11)16)13-9-7-18-5-4-12(9)22-14(13)15(20)21/h2-7H,1H3,(H,20,21). The predicted octanol–water partition coefficient (Wildman–Crippen LogP) is 4.04. The van der Waals surface area contributed by atoms with Crippen molar-refractivity contribution >= 4 is 50.9 Å². The molecule has 2 heterocycles. The molecule has 112 valence electrons. The second kappa shape index (κ2) is 5.56. The molecule has 0 saturated heterocycles. The van der Waals surface area contributed by atoms with Gasteiger partial charge in [0.25, 0.3) is 0 Å². The summed E-state index contributed by atoms with van der Waals surface area (Å²) in [5.41, 5.74) is 0.922. The smallest absolute Gasteiger partial charge is 0.374 e. The Hall–Kier alpha value is -2.16. The predicted molar refractivity (Wildman–Crippen MR) is 88.1 cm³/mol. The van der Waals surface area contributed by atoms with Gasteiger partial charge in [-0.05, 0) is 46.9 Å². The van der Waals surface area contributed by atoms with Gasteiger partial charge in [0.1, 0.15) is 17.1 Å². The highest BCUT2D eigenvalue weighted by Crippen LogP contribution is 2.37. The number of benzene rings is 1. The molecule has 22 heavy (non-hydrogen) atoms. The first kappa shape index (κ1) is 14.8. The van der Waals surface area contributed by atoms with Gasteiger partial charge in [-0.3, -0.25) is 4.98 Å². The Morgan fingerprint density at radius 1 is 1.41 bits per heavy atom. The lowest BCUT2D eigenvalue weighted by atomic mass is 10.2. The minimum atomic E-state index is -1.22. The van der Waals surface area contributed by atoms with E-state index in [9.17, 15) is 14.3 Å². The highest BCUT2D eigenvalue weighted by atomic mass is 127. The molecule has 0 aliphatic rings. The third-order valence-corrected chi connectivity index (χ3v) is 3.94. The maximum atomic E-state index is 14.2. The average molecular weight is 412 g/mol. The Balaban J connectivity index is 2.23. The Kier molecular flexibility index (Phi) is 3.73. The van der Waals surface area contributed by atoms with Crippen LogP contribution < -0.4 is 4.90 Å². The molecule has 1 N–H and O–H groups in total. The summed E-state index contributed by atoms with van der Waals surface area (Å²) in [4.78, 5) is 16.9. The molecule has 3 aromatic rings. The Morgan fingerprint density at radius 3 is 2.86 bits per heavy atom. The van der Waals surface area contributed by atoms with E-state index < -0.39 is 11.8 Å². The van der Waals surface area contributed by atoms with Crippen molar-refractivity contribution in [2.24, 2.45) is 0 Å². The molecule has 0 atom stereocenters. The van der Waals surface area contributed by atoms with E-state index in [0.717, 1.165) is 3.57 Å². The summed E-state index contributed by atoms with van der Waals surface area (Å²) < 4.78 is 20.3. The van der Waals surface area contributed by atoms with Crippen LogP contribution in [0.4, 0.5) is 15.8 Å². The van der Waals surface area contributed by atoms with Crippen LogP contribution in [0.2, 0.25) is 0 Å². The molecule has 0 bridgehead atoms. The third-order valence-electron chi connectivity index (χ3n) is 3.26. The van der Waals surface area contributed by atoms with Gasteiger partial charge < -0.3 is 14.4 Å². The SMILES string of the molecule is CN(c1ccc(I)cc1F)c1c(C(=O)O)oc2ccncc12. The average Bonchev–Trinajstić information content (AvgIpc) is 2.86. The van der Waals surface area contributed by atoms with Crippen molar-refractivity contribution < 1.29 is 18.7 Å². The number of carbonyl (C=O) groups is 1. The van der Waals surface area contributed by atoms with Gasteiger partial charge in [-0.15, -0.1) is 0 Å². The van der Waals surface area contributed by atoms with E-state index in [-0.39, 0.29) is 17.1 Å². The molecule has 0 aliphatic heterocycles. The molecule has 0 radical (unpaired) electrons. The first-order chi connectivity index (χ1) is 10.5. The summed E-state index contributed by atoms with van der Waals surface area (Å²) in [6, 6.07) is 6.30. The number of anilines is 2. The fourth-order valence-corrected chi connectivity index (χ4v) is 2.73. The van der Waals surface area contributed by atoms with E-state index in [1.165, 1.54) is 23.4 Å². The number of aromatic carboxylic acids is 1. The Morgan fingerprint density at radius 2 is 2.18 bits per heavy atom. The molecule has 5 nitrogen and oxygen atoms in total. The van der Waals surface area contributed by atoms with Gasteiger partial charge >= 0.3 is 5.97 Å². The van der Waals surface area contributed by atoms with E-state index in [2.05, 4.69) is 4.98 Å². The molecule has 0 spiro atoms. The topological polar surface area (TPSA) is 66.6 Å². The monoisotopic (exact) mass is 412 g/mol. The molecule has 7 heteroatoms. The fraction of sp³-hybridized carbons (Fsp3) is 0.0667. The molecule has 2 aromatic heterocycles. The van der Waals surface area contributed by atoms with Crippen molar-refractivity contribution in [2.75, 3.05) is 11.9 Å². The van der Waals surface area contributed by atoms with Crippen LogP contribution in [0.15, 0.2) is 41.1 Å². The van der Waals surface area contributed by atoms with E-state index in [1.807, 2.05) is 22.6 Å². The summed E-state index contributed by atoms with van der Waals surface area (Å²) in [5, 5.41) is 9.85. The van der Waals surface area contributed by atoms with E-state index in [4.69, 9.17) is 4.42 Å². The number of halogens is 2. The summed E-state index contributed by atoms with van der Waals surface area (Å²) >= 11 is 2.01. The number of hydrogen-bond donors (Lipinski definition) is 1. The van der Waals surface area contributed by atoms with E-state index >= 15 is 0 Å². The van der Waals surface area contributed by atoms with Crippen LogP contribution in [0.1, 0.15) is 10.6 Å². The minimum Gasteiger partial charge on any atom is -0.475 e. The van der Waals surface area contributed by atoms with E-state index in [0.29, 0.717) is 11.0 Å². The number of fused-ring (bicyclic) bond motifs is 1. The van der Waals surface area contributed by atoms with Gasteiger partial charge in [-0.25, -0.2) is 9.18 Å². The minimum absolute atomic E-state index is 0.247. The molecule has 1 aromatic carbocycles. The lowest BCUT2D eigenvalue weighted by Crippen LogP contribution is -2.14. The van der Waals surface area contributed by atoms with Gasteiger partial charge in [0, 0.05) is 23.0 Å². The number of hydrogen-bond acceptors (Lipinski definition) is 4. The molecule has 3 rings (SSSR count). The van der Waals surface area contributed by atoms with Crippen molar-refractivity contribution in [3.63, 3.8) is 0 Å². The maximum absolute atomic E-state index is 14.2. The van der Waals surface area contributed by atoms with E-state index in [1.54, 1.807) is 25.2 Å². The van der Waals surface area contributed by atoms with Gasteiger partial charge in [0.2, 0.25) is 5.76 Å². The van der Waals surface area contributed by atoms with Crippen LogP contribution in [0.25, 0.3) is 11.0 Å². The summed E-state index contributed by atoms with van der Waals surface area (Å²) in [5.74, 6) is -1.91. The first-order valence-corrected chi connectivity index (χ1v) is 7.35. The van der Waals surface area contributed by atoms with Crippen molar-refractivity contribution in [3.8, 4) is 0 Å². The second-order valence-corrected chi connectivity index (χ2v) is 5.86. The molecular formula is C15H10FIN2O3. The fourth-order valence-electron chi connectivity index (χ4n) is 2.28. The number of furan rings is 1. The number of nitrogens with zero attached hydrogens (tertiary/aromatic N) is 2.